The molecular weight excluding hydrogens is 841 g/mol. The normalized spacial score (nSPS) is 23.0. The molecule has 0 aromatic heterocycles. The van der Waals surface area contributed by atoms with Gasteiger partial charge in [0.25, 0.3) is 17.7 Å². The van der Waals surface area contributed by atoms with Gasteiger partial charge in [0.1, 0.15) is 24.4 Å². The van der Waals surface area contributed by atoms with Gasteiger partial charge >= 0.3 is 0 Å². The smallest absolute Gasteiger partial charge is 0.253 e. The number of nitrogens with two attached hydrogens (primary N) is 1. The van der Waals surface area contributed by atoms with Crippen molar-refractivity contribution < 1.29 is 39.5 Å². The molecule has 1 aliphatic rings. The van der Waals surface area contributed by atoms with Crippen LogP contribution in [-0.4, -0.2) is 89.5 Å². The molecule has 206 valence electrons. The zero-order valence-electron chi connectivity index (χ0n) is 20.0. The quantitative estimate of drug-likeness (QED) is 0.145. The molecule has 1 fully saturated rings. The summed E-state index contributed by atoms with van der Waals surface area (Å²) in [5.41, 5.74) is 8.04. The van der Waals surface area contributed by atoms with Crippen molar-refractivity contribution in [1.82, 2.24) is 16.0 Å². The number of rotatable bonds is 6. The van der Waals surface area contributed by atoms with E-state index in [0.29, 0.717) is 33.0 Å². The molecule has 9 N–H and O–H groups in total. The number of nitrogen functional groups attached to an aromatic ring is 1. The van der Waals surface area contributed by atoms with Crippen molar-refractivity contribution in [2.24, 2.45) is 0 Å². The molecule has 5 unspecified atom stereocenters. The van der Waals surface area contributed by atoms with Gasteiger partial charge in [-0.1, -0.05) is 6.07 Å². The largest absolute Gasteiger partial charge is 0.398 e. The maximum Gasteiger partial charge on any atom is 0.253 e. The van der Waals surface area contributed by atoms with Crippen molar-refractivity contribution in [3.05, 3.63) is 45.6 Å². The molecule has 2 aromatic carbocycles. The van der Waals surface area contributed by atoms with Crippen LogP contribution in [0.25, 0.3) is 11.1 Å². The van der Waals surface area contributed by atoms with Gasteiger partial charge in [-0.25, -0.2) is 0 Å². The van der Waals surface area contributed by atoms with E-state index >= 15 is 0 Å². The topological polar surface area (TPSA) is 203 Å². The monoisotopic (exact) mass is 866 g/mol. The fourth-order valence-corrected chi connectivity index (χ4v) is 8.74. The Kier molecular flexibility index (Phi) is 10.6. The lowest BCUT2D eigenvalue weighted by Crippen LogP contribution is -2.64. The van der Waals surface area contributed by atoms with Crippen molar-refractivity contribution in [2.45, 2.75) is 30.6 Å². The van der Waals surface area contributed by atoms with Crippen LogP contribution in [0.3, 0.4) is 0 Å². The van der Waals surface area contributed by atoms with Crippen LogP contribution < -0.4 is 21.7 Å². The van der Waals surface area contributed by atoms with Gasteiger partial charge in [0.05, 0.1) is 23.3 Å². The molecule has 1 saturated heterocycles. The van der Waals surface area contributed by atoms with E-state index in [9.17, 15) is 34.8 Å². The number of hydrogen-bond acceptors (Lipinski definition) is 9. The highest BCUT2D eigenvalue weighted by Gasteiger charge is 2.44. The Morgan fingerprint density at radius 1 is 0.921 bits per heavy atom. The number of halogens is 3. The second-order valence-electron chi connectivity index (χ2n) is 8.26. The van der Waals surface area contributed by atoms with E-state index < -0.39 is 43.2 Å². The van der Waals surface area contributed by atoms with E-state index in [2.05, 4.69) is 16.0 Å². The molecule has 0 saturated carbocycles. The molecule has 1 aliphatic heterocycles. The fourth-order valence-electron chi connectivity index (χ4n) is 3.97. The Bertz CT molecular complexity index is 1230. The van der Waals surface area contributed by atoms with E-state index in [4.69, 9.17) is 10.5 Å². The summed E-state index contributed by atoms with van der Waals surface area (Å²) in [5, 5.41) is 47.4. The summed E-state index contributed by atoms with van der Waals surface area (Å²) in [7, 11) is 2.98. The third-order valence-electron chi connectivity index (χ3n) is 6.01. The van der Waals surface area contributed by atoms with E-state index in [-0.39, 0.29) is 23.1 Å². The van der Waals surface area contributed by atoms with Crippen molar-refractivity contribution in [2.75, 3.05) is 26.4 Å². The Hall–Kier alpha value is -1.36. The highest BCUT2D eigenvalue weighted by molar-refractivity contribution is 14.1. The van der Waals surface area contributed by atoms with E-state index in [1.54, 1.807) is 6.07 Å². The van der Waals surface area contributed by atoms with Gasteiger partial charge in [-0.2, -0.15) is 0 Å². The van der Waals surface area contributed by atoms with Gasteiger partial charge in [-0.05, 0) is 85.5 Å². The standard InChI is InChI=1S/C23H25I3N4O8/c1-28-21(35)12-14(24)11(15(25)13(16(12)26)22(36)29-2)7-3-4-8(9(27)5-7)20(34)30-17-19(33)18(32)10(6-31)38-23(17)37/h3-5,10,17-19,23,31-33,37H,6,27H2,1-2H3,(H,28,35)(H,29,36)(H,30,34). The summed E-state index contributed by atoms with van der Waals surface area (Å²) < 4.78 is 6.72. The molecule has 15 heteroatoms. The predicted molar refractivity (Wildman–Crippen MR) is 162 cm³/mol. The lowest BCUT2D eigenvalue weighted by atomic mass is 9.95. The minimum Gasteiger partial charge on any atom is -0.398 e. The van der Waals surface area contributed by atoms with Gasteiger partial charge in [-0.15, -0.1) is 0 Å². The molecule has 0 bridgehead atoms. The number of anilines is 1. The van der Waals surface area contributed by atoms with Crippen LogP contribution in [0, 0.1) is 10.7 Å². The lowest BCUT2D eigenvalue weighted by molar-refractivity contribution is -0.252. The van der Waals surface area contributed by atoms with Gasteiger partial charge in [0.15, 0.2) is 6.29 Å². The van der Waals surface area contributed by atoms with Crippen LogP contribution in [0.1, 0.15) is 31.1 Å². The number of carbonyl (C=O) groups is 3. The highest BCUT2D eigenvalue weighted by atomic mass is 127. The molecule has 38 heavy (non-hydrogen) atoms. The minimum absolute atomic E-state index is 0.0144. The van der Waals surface area contributed by atoms with Crippen molar-refractivity contribution in [1.29, 1.82) is 0 Å². The molecule has 0 radical (unpaired) electrons. The Labute approximate surface area is 258 Å². The molecular formula is C23H25I3N4O8. The maximum atomic E-state index is 13.0. The molecule has 5 atom stereocenters. The number of aliphatic hydroxyl groups excluding tert-OH is 4. The van der Waals surface area contributed by atoms with Crippen LogP contribution in [0.4, 0.5) is 5.69 Å². The van der Waals surface area contributed by atoms with Crippen molar-refractivity contribution in [3.8, 4) is 11.1 Å². The number of amides is 3. The summed E-state index contributed by atoms with van der Waals surface area (Å²) in [6.07, 6.45) is -6.05. The van der Waals surface area contributed by atoms with Crippen molar-refractivity contribution in [3.63, 3.8) is 0 Å². The predicted octanol–water partition coefficient (Wildman–Crippen LogP) is -0.00150. The number of carbonyl (C=O) groups excluding carboxylic acids is 3. The lowest BCUT2D eigenvalue weighted by Gasteiger charge is -2.40. The molecule has 0 spiro atoms. The van der Waals surface area contributed by atoms with E-state index in [1.165, 1.54) is 26.2 Å². The second kappa shape index (κ2) is 12.9. The van der Waals surface area contributed by atoms with Crippen LogP contribution >= 0.6 is 67.8 Å². The van der Waals surface area contributed by atoms with Crippen LogP contribution in [-0.2, 0) is 4.74 Å². The third-order valence-corrected chi connectivity index (χ3v) is 9.24. The number of ether oxygens (including phenoxy) is 1. The van der Waals surface area contributed by atoms with E-state index in [1.807, 2.05) is 67.8 Å². The molecule has 0 aliphatic carbocycles. The zero-order chi connectivity index (χ0) is 28.5. The van der Waals surface area contributed by atoms with Crippen LogP contribution in [0.15, 0.2) is 18.2 Å². The average Bonchev–Trinajstić information content (AvgIpc) is 2.88. The summed E-state index contributed by atoms with van der Waals surface area (Å²) >= 11 is 6.04. The van der Waals surface area contributed by atoms with Gasteiger partial charge in [0, 0.05) is 36.1 Å². The van der Waals surface area contributed by atoms with Crippen LogP contribution in [0.2, 0.25) is 0 Å². The fraction of sp³-hybridized carbons (Fsp3) is 0.348. The van der Waals surface area contributed by atoms with Gasteiger partial charge < -0.3 is 46.8 Å². The van der Waals surface area contributed by atoms with Crippen LogP contribution in [0.5, 0.6) is 0 Å². The Morgan fingerprint density at radius 2 is 1.47 bits per heavy atom. The summed E-state index contributed by atoms with van der Waals surface area (Å²) in [4.78, 5) is 38.4. The first-order chi connectivity index (χ1) is 17.9. The molecule has 3 rings (SSSR count). The summed E-state index contributed by atoms with van der Waals surface area (Å²) in [6, 6.07) is 3.16. The molecule has 1 heterocycles. The Balaban J connectivity index is 2.03. The SMILES string of the molecule is CNC(=O)c1c(I)c(C(=O)NC)c(I)c(-c2ccc(C(=O)NC3C(O)OC(CO)C(O)C3O)c(N)c2)c1I. The number of nitrogens with one attached hydrogen (secondary N) is 3. The minimum atomic E-state index is -1.68. The summed E-state index contributed by atoms with van der Waals surface area (Å²) in [6.45, 7) is -0.635. The number of benzene rings is 2. The first-order valence-corrected chi connectivity index (χ1v) is 14.3. The maximum absolute atomic E-state index is 13.0. The molecule has 12 nitrogen and oxygen atoms in total. The van der Waals surface area contributed by atoms with Crippen molar-refractivity contribution >= 4 is 91.2 Å². The third kappa shape index (κ3) is 5.88. The second-order valence-corrected chi connectivity index (χ2v) is 11.5. The number of aliphatic hydroxyl groups is 4. The van der Waals surface area contributed by atoms with Gasteiger partial charge in [0.2, 0.25) is 0 Å². The first kappa shape index (κ1) is 31.2. The highest BCUT2D eigenvalue weighted by Crippen LogP contribution is 2.39. The first-order valence-electron chi connectivity index (χ1n) is 11.0. The molecule has 3 amide bonds. The average molecular weight is 866 g/mol. The molecule has 2 aromatic rings. The number of hydrogen-bond donors (Lipinski definition) is 8. The summed E-state index contributed by atoms with van der Waals surface area (Å²) in [5.74, 6) is -1.49. The van der Waals surface area contributed by atoms with Gasteiger partial charge in [-0.3, -0.25) is 14.4 Å². The zero-order valence-corrected chi connectivity index (χ0v) is 26.4. The Morgan fingerprint density at radius 3 is 1.95 bits per heavy atom. The van der Waals surface area contributed by atoms with E-state index in [0.717, 1.165) is 0 Å².